The zero-order valence-corrected chi connectivity index (χ0v) is 5.94. The first kappa shape index (κ1) is 7.77. The van der Waals surface area contributed by atoms with Gasteiger partial charge in [-0.05, 0) is 0 Å². The van der Waals surface area contributed by atoms with Crippen LogP contribution in [0, 0.1) is 0 Å². The van der Waals surface area contributed by atoms with Gasteiger partial charge in [0.25, 0.3) is 6.79 Å². The van der Waals surface area contributed by atoms with E-state index in [9.17, 15) is 0 Å². The van der Waals surface area contributed by atoms with E-state index >= 15 is 0 Å². The molecule has 1 rings (SSSR count). The molecule has 0 N–H and O–H groups in total. The Balaban J connectivity index is 0.000000222. The van der Waals surface area contributed by atoms with Crippen LogP contribution in [0.2, 0.25) is 0 Å². The third kappa shape index (κ3) is 2.87. The normalized spacial score (nSPS) is 14.4. The molecule has 2 radical (unpaired) electrons. The standard InChI is InChI=1S/C5H5.CO.Ru/c1-2-4-5-3-1;1-2;/h1-3H,4H2;;. The summed E-state index contributed by atoms with van der Waals surface area (Å²) in [5.41, 5.74) is 0. The molecule has 0 bridgehead atoms. The zero-order valence-electron chi connectivity index (χ0n) is 4.20. The van der Waals surface area contributed by atoms with Crippen molar-refractivity contribution in [3.05, 3.63) is 22.4 Å². The maximum atomic E-state index is 7.50. The van der Waals surface area contributed by atoms with E-state index in [0.717, 1.165) is 6.42 Å². The van der Waals surface area contributed by atoms with Crippen molar-refractivity contribution in [1.29, 1.82) is 0 Å². The molecule has 0 fully saturated rings. The van der Waals surface area contributed by atoms with E-state index in [0.29, 0.717) is 0 Å². The summed E-state index contributed by atoms with van der Waals surface area (Å²) in [6, 6.07) is 0. The quantitative estimate of drug-likeness (QED) is 0.525. The second-order valence-corrected chi connectivity index (χ2v) is 2.35. The molecule has 0 aromatic heterocycles. The van der Waals surface area contributed by atoms with Crippen molar-refractivity contribution in [3.8, 4) is 0 Å². The number of allylic oxidation sites excluding steroid dienone is 4. The Morgan fingerprint density at radius 2 is 2.25 bits per heavy atom. The molecule has 0 aromatic carbocycles. The summed E-state index contributed by atoms with van der Waals surface area (Å²) in [4.78, 5) is 7.50. The van der Waals surface area contributed by atoms with Gasteiger partial charge in [-0.3, -0.25) is 4.79 Å². The number of hydrogen-bond donors (Lipinski definition) is 0. The molecule has 0 spiro atoms. The molecule has 0 amide bonds. The molecule has 1 aliphatic rings. The van der Waals surface area contributed by atoms with Gasteiger partial charge in [-0.25, -0.2) is 0 Å². The van der Waals surface area contributed by atoms with Crippen LogP contribution in [0.25, 0.3) is 0 Å². The molecule has 0 saturated heterocycles. The van der Waals surface area contributed by atoms with Crippen LogP contribution in [0.15, 0.2) is 22.4 Å². The van der Waals surface area contributed by atoms with Gasteiger partial charge in [0.1, 0.15) is 0 Å². The van der Waals surface area contributed by atoms with Crippen molar-refractivity contribution in [3.63, 3.8) is 0 Å². The minimum atomic E-state index is 1.14. The average Bonchev–Trinajstić information content (AvgIpc) is 2.24. The number of rotatable bonds is 0. The topological polar surface area (TPSA) is 17.1 Å². The van der Waals surface area contributed by atoms with Crippen LogP contribution >= 0.6 is 0 Å². The van der Waals surface area contributed by atoms with Gasteiger partial charge in [-0.15, -0.1) is 0 Å². The predicted octanol–water partition coefficient (Wildman–Crippen LogP) is 0.980. The minimum absolute atomic E-state index is 1.14. The Kier molecular flexibility index (Phi) is 4.78. The van der Waals surface area contributed by atoms with Crippen LogP contribution in [-0.2, 0) is 23.1 Å². The van der Waals surface area contributed by atoms with Gasteiger partial charge < -0.3 is 0 Å². The molecule has 0 aromatic rings. The SMILES string of the molecule is [C]=O.[Ru][C]1=CC=CC1. The van der Waals surface area contributed by atoms with Gasteiger partial charge in [0, 0.05) is 0 Å². The predicted molar refractivity (Wildman–Crippen MR) is 27.5 cm³/mol. The first-order chi connectivity index (χ1) is 3.89. The summed E-state index contributed by atoms with van der Waals surface area (Å²) in [5, 5.41) is 0. The van der Waals surface area contributed by atoms with Gasteiger partial charge in [0.15, 0.2) is 0 Å². The summed E-state index contributed by atoms with van der Waals surface area (Å²) < 4.78 is 1.40. The molecular formula is C6H5ORu. The van der Waals surface area contributed by atoms with Gasteiger partial charge in [-0.2, -0.15) is 0 Å². The van der Waals surface area contributed by atoms with E-state index in [4.69, 9.17) is 4.79 Å². The monoisotopic (exact) mass is 195 g/mol. The van der Waals surface area contributed by atoms with E-state index in [1.807, 2.05) is 0 Å². The van der Waals surface area contributed by atoms with Gasteiger partial charge in [0.05, 0.1) is 0 Å². The fraction of sp³-hybridized carbons (Fsp3) is 0.167. The molecule has 8 heavy (non-hydrogen) atoms. The summed E-state index contributed by atoms with van der Waals surface area (Å²) in [7, 11) is 0. The Bertz CT molecular complexity index is 116. The first-order valence-electron chi connectivity index (χ1n) is 2.10. The van der Waals surface area contributed by atoms with Crippen LogP contribution in [0.4, 0.5) is 0 Å². The first-order valence-corrected chi connectivity index (χ1v) is 2.97. The molecule has 0 aliphatic heterocycles. The maximum absolute atomic E-state index is 7.50. The summed E-state index contributed by atoms with van der Waals surface area (Å²) in [6.07, 6.45) is 7.46. The van der Waals surface area contributed by atoms with Crippen molar-refractivity contribution in [2.45, 2.75) is 6.42 Å². The third-order valence-electron chi connectivity index (χ3n) is 0.717. The Morgan fingerprint density at radius 1 is 1.62 bits per heavy atom. The molecule has 0 unspecified atom stereocenters. The van der Waals surface area contributed by atoms with E-state index in [-0.39, 0.29) is 0 Å². The number of carbonyl (C=O) groups excluding carboxylic acids is 1. The summed E-state index contributed by atoms with van der Waals surface area (Å²) in [5.74, 6) is 0. The van der Waals surface area contributed by atoms with Crippen molar-refractivity contribution in [2.75, 3.05) is 0 Å². The third-order valence-corrected chi connectivity index (χ3v) is 1.36. The molecule has 1 nitrogen and oxygen atoms in total. The van der Waals surface area contributed by atoms with E-state index in [2.05, 4.69) is 43.3 Å². The van der Waals surface area contributed by atoms with E-state index in [1.54, 1.807) is 0 Å². The van der Waals surface area contributed by atoms with Crippen LogP contribution < -0.4 is 0 Å². The van der Waals surface area contributed by atoms with E-state index < -0.39 is 0 Å². The van der Waals surface area contributed by atoms with E-state index in [1.165, 1.54) is 4.17 Å². The van der Waals surface area contributed by atoms with Crippen LogP contribution in [-0.4, -0.2) is 6.79 Å². The fourth-order valence-corrected chi connectivity index (χ4v) is 0.788. The van der Waals surface area contributed by atoms with Crippen LogP contribution in [0.3, 0.4) is 0 Å². The molecule has 0 heterocycles. The molecule has 43 valence electrons. The second-order valence-electron chi connectivity index (χ2n) is 1.23. The number of hydrogen-bond acceptors (Lipinski definition) is 1. The molecule has 2 heteroatoms. The molecular weight excluding hydrogens is 189 g/mol. The average molecular weight is 194 g/mol. The summed E-state index contributed by atoms with van der Waals surface area (Å²) in [6.45, 7) is 4.50. The van der Waals surface area contributed by atoms with Gasteiger partial charge >= 0.3 is 47.1 Å². The Labute approximate surface area is 59.1 Å². The van der Waals surface area contributed by atoms with Crippen molar-refractivity contribution in [2.24, 2.45) is 0 Å². The van der Waals surface area contributed by atoms with Gasteiger partial charge in [-0.1, -0.05) is 0 Å². The van der Waals surface area contributed by atoms with Crippen molar-refractivity contribution < 1.29 is 23.1 Å². The van der Waals surface area contributed by atoms with Crippen molar-refractivity contribution >= 4 is 6.79 Å². The van der Waals surface area contributed by atoms with Gasteiger partial charge in [0.2, 0.25) is 0 Å². The fourth-order valence-electron chi connectivity index (χ4n) is 0.416. The van der Waals surface area contributed by atoms with Crippen LogP contribution in [0.1, 0.15) is 6.42 Å². The Hall–Kier alpha value is -0.227. The van der Waals surface area contributed by atoms with Crippen molar-refractivity contribution in [1.82, 2.24) is 0 Å². The molecule has 0 saturated carbocycles. The molecule has 0 atom stereocenters. The Morgan fingerprint density at radius 3 is 2.38 bits per heavy atom. The van der Waals surface area contributed by atoms with Crippen LogP contribution in [0.5, 0.6) is 0 Å². The summed E-state index contributed by atoms with van der Waals surface area (Å²) >= 11 is 2.59. The second kappa shape index (κ2) is 4.92. The molecule has 1 aliphatic carbocycles. The zero-order chi connectivity index (χ0) is 6.41.